The van der Waals surface area contributed by atoms with Crippen molar-refractivity contribution in [2.24, 2.45) is 0 Å². The summed E-state index contributed by atoms with van der Waals surface area (Å²) in [6, 6.07) is 36.1. The Morgan fingerprint density at radius 1 is 0.922 bits per heavy atom. The molecule has 11 nitrogen and oxygen atoms in total. The normalized spacial score (nSPS) is 22.0. The van der Waals surface area contributed by atoms with Crippen LogP contribution in [-0.4, -0.2) is 82.6 Å². The van der Waals surface area contributed by atoms with E-state index in [0.29, 0.717) is 17.2 Å². The van der Waals surface area contributed by atoms with E-state index in [2.05, 4.69) is 6.07 Å². The molecule has 0 radical (unpaired) electrons. The Hall–Kier alpha value is -4.53. The Balaban J connectivity index is 1.40. The van der Waals surface area contributed by atoms with Crippen LogP contribution in [0.1, 0.15) is 24.5 Å². The smallest absolute Gasteiger partial charge is 0.284 e. The third-order valence-corrected chi connectivity index (χ3v) is 9.82. The number of rotatable bonds is 16. The number of carbonyl (C=O) groups excluding carboxylic acids is 1. The maximum atomic E-state index is 13.6. The lowest BCUT2D eigenvalue weighted by Gasteiger charge is -2.45. The molecule has 0 spiro atoms. The number of para-hydroxylation sites is 1. The second-order valence-electron chi connectivity index (χ2n) is 11.9. The molecule has 51 heavy (non-hydrogen) atoms. The van der Waals surface area contributed by atoms with Gasteiger partial charge >= 0.3 is 0 Å². The van der Waals surface area contributed by atoms with Crippen LogP contribution in [0.5, 0.6) is 17.2 Å². The fraction of sp³-hybridized carbons (Fsp3) is 0.333. The molecule has 2 aliphatic heterocycles. The molecular formula is C39H41N2O9P. The van der Waals surface area contributed by atoms with Gasteiger partial charge in [-0.2, -0.15) is 5.26 Å². The minimum absolute atomic E-state index is 0.127. The van der Waals surface area contributed by atoms with Crippen LogP contribution in [0.15, 0.2) is 109 Å². The Bertz CT molecular complexity index is 1750. The SMILES string of the molecule is [3H]C1O[C@@]2(COC(c3ccccc3)(c3ccc(OC)cc3)c3ccc(OC)cc3)CN(C(=O)COc3ccccc3)O[C@H]1C2OP(C)OCCC#N. The average Bonchev–Trinajstić information content (AvgIpc) is 3.32. The van der Waals surface area contributed by atoms with Crippen LogP contribution in [-0.2, 0) is 33.8 Å². The van der Waals surface area contributed by atoms with Crippen molar-refractivity contribution in [3.63, 3.8) is 0 Å². The number of benzene rings is 4. The number of hydrogen-bond donors (Lipinski definition) is 0. The Labute approximate surface area is 300 Å². The van der Waals surface area contributed by atoms with Crippen LogP contribution in [0.25, 0.3) is 0 Å². The van der Waals surface area contributed by atoms with Crippen LogP contribution in [0.2, 0.25) is 0 Å². The molecule has 12 heteroatoms. The van der Waals surface area contributed by atoms with Gasteiger partial charge in [-0.1, -0.05) is 72.8 Å². The van der Waals surface area contributed by atoms with E-state index in [-0.39, 0.29) is 32.8 Å². The van der Waals surface area contributed by atoms with E-state index in [1.54, 1.807) is 33.0 Å². The minimum Gasteiger partial charge on any atom is -0.497 e. The minimum atomic E-state index is -1.53. The molecule has 2 heterocycles. The summed E-state index contributed by atoms with van der Waals surface area (Å²) >= 11 is 0. The zero-order valence-corrected chi connectivity index (χ0v) is 29.6. The zero-order chi connectivity index (χ0) is 36.6. The van der Waals surface area contributed by atoms with E-state index in [1.807, 2.05) is 97.1 Å². The summed E-state index contributed by atoms with van der Waals surface area (Å²) in [6.45, 7) is 0.165. The molecule has 3 unspecified atom stereocenters. The van der Waals surface area contributed by atoms with Gasteiger partial charge in [0.25, 0.3) is 5.91 Å². The summed E-state index contributed by atoms with van der Waals surface area (Å²) in [7, 11) is 1.69. The van der Waals surface area contributed by atoms with Crippen molar-refractivity contribution in [3.05, 3.63) is 126 Å². The summed E-state index contributed by atoms with van der Waals surface area (Å²) in [5, 5.41) is 10.2. The van der Waals surface area contributed by atoms with Crippen molar-refractivity contribution in [3.8, 4) is 23.3 Å². The van der Waals surface area contributed by atoms with Gasteiger partial charge in [0, 0.05) is 6.66 Å². The number of fused-ring (bicyclic) bond motifs is 2. The van der Waals surface area contributed by atoms with E-state index in [1.165, 1.54) is 5.06 Å². The number of methoxy groups -OCH3 is 2. The first kappa shape index (κ1) is 34.9. The highest BCUT2D eigenvalue weighted by Crippen LogP contribution is 2.48. The number of nitriles is 1. The van der Waals surface area contributed by atoms with E-state index < -0.39 is 44.3 Å². The molecule has 1 amide bonds. The molecule has 2 fully saturated rings. The largest absolute Gasteiger partial charge is 0.497 e. The highest BCUT2D eigenvalue weighted by atomic mass is 31.2. The fourth-order valence-electron chi connectivity index (χ4n) is 6.19. The van der Waals surface area contributed by atoms with Crippen molar-refractivity contribution in [2.75, 3.05) is 53.8 Å². The standard InChI is InChI=1S/C39H41N2O9P/c1-43-32-19-15-30(16-20-32)39(29-11-6-4-7-12-29,31-17-21-33(44-2)22-18-31)47-28-38-27-41(36(42)26-45-34-13-8-5-9-14-34)49-35(25-46-38)37(38)50-51(3)48-24-10-23-40/h4-9,11-22,35,37H,10,24-28H2,1-3H3/t35-,37?,38-,51?/m1/s1/i25T/t25?,35-,37?,38-,51?. The molecule has 0 N–H and O–H groups in total. The molecule has 0 aromatic heterocycles. The topological polar surface area (TPSA) is 118 Å². The predicted molar refractivity (Wildman–Crippen MR) is 189 cm³/mol. The summed E-state index contributed by atoms with van der Waals surface area (Å²) in [5.74, 6) is 1.42. The van der Waals surface area contributed by atoms with Gasteiger partial charge in [-0.15, -0.1) is 0 Å². The van der Waals surface area contributed by atoms with Crippen molar-refractivity contribution < 1.29 is 43.7 Å². The third-order valence-electron chi connectivity index (χ3n) is 8.75. The molecule has 0 aliphatic carbocycles. The molecule has 2 aliphatic rings. The average molecular weight is 715 g/mol. The van der Waals surface area contributed by atoms with Crippen molar-refractivity contribution in [1.82, 2.24) is 5.06 Å². The molecule has 0 saturated carbocycles. The van der Waals surface area contributed by atoms with Crippen molar-refractivity contribution in [2.45, 2.75) is 29.8 Å². The molecule has 4 aromatic rings. The molecule has 4 aromatic carbocycles. The lowest BCUT2D eigenvalue weighted by molar-refractivity contribution is -0.259. The summed E-state index contributed by atoms with van der Waals surface area (Å²) in [4.78, 5) is 19.8. The Kier molecular flexibility index (Phi) is 11.4. The zero-order valence-electron chi connectivity index (χ0n) is 29.7. The van der Waals surface area contributed by atoms with Gasteiger partial charge in [0.1, 0.15) is 40.7 Å². The van der Waals surface area contributed by atoms with Crippen LogP contribution in [0, 0.1) is 11.3 Å². The lowest BCUT2D eigenvalue weighted by atomic mass is 9.79. The van der Waals surface area contributed by atoms with Gasteiger partial charge in [-0.05, 0) is 53.1 Å². The first-order chi connectivity index (χ1) is 25.3. The van der Waals surface area contributed by atoms with E-state index in [9.17, 15) is 4.79 Å². The van der Waals surface area contributed by atoms with Gasteiger partial charge < -0.3 is 32.7 Å². The molecule has 6 rings (SSSR count). The number of nitrogens with zero attached hydrogens (tertiary/aromatic N) is 2. The van der Waals surface area contributed by atoms with Crippen molar-refractivity contribution >= 4 is 14.3 Å². The van der Waals surface area contributed by atoms with Gasteiger partial charge in [0.05, 0.1) is 54.4 Å². The number of amides is 1. The number of carbonyl (C=O) groups is 1. The molecular weight excluding hydrogens is 671 g/mol. The summed E-state index contributed by atoms with van der Waals surface area (Å²) in [5.41, 5.74) is -0.188. The van der Waals surface area contributed by atoms with Crippen molar-refractivity contribution in [1.29, 1.82) is 5.26 Å². The molecule has 266 valence electrons. The number of ether oxygens (including phenoxy) is 5. The number of hydrogen-bond acceptors (Lipinski definition) is 10. The quantitative estimate of drug-likeness (QED) is 0.0748. The Morgan fingerprint density at radius 3 is 2.10 bits per heavy atom. The van der Waals surface area contributed by atoms with Gasteiger partial charge in [0.15, 0.2) is 15.0 Å². The van der Waals surface area contributed by atoms with Crippen LogP contribution in [0.3, 0.4) is 0 Å². The van der Waals surface area contributed by atoms with Crippen LogP contribution >= 0.6 is 8.38 Å². The lowest BCUT2D eigenvalue weighted by Crippen LogP contribution is -2.62. The maximum absolute atomic E-state index is 13.6. The van der Waals surface area contributed by atoms with E-state index >= 15 is 0 Å². The molecule has 2 saturated heterocycles. The van der Waals surface area contributed by atoms with E-state index in [0.717, 1.165) is 16.7 Å². The third kappa shape index (κ3) is 8.03. The first-order valence-corrected chi connectivity index (χ1v) is 18.1. The van der Waals surface area contributed by atoms with Gasteiger partial charge in [-0.3, -0.25) is 9.63 Å². The second kappa shape index (κ2) is 16.7. The number of hydroxylamine groups is 2. The predicted octanol–water partition coefficient (Wildman–Crippen LogP) is 6.26. The van der Waals surface area contributed by atoms with Gasteiger partial charge in [0.2, 0.25) is 0 Å². The highest BCUT2D eigenvalue weighted by molar-refractivity contribution is 7.46. The summed E-state index contributed by atoms with van der Waals surface area (Å²) < 4.78 is 51.7. The second-order valence-corrected chi connectivity index (χ2v) is 13.3. The molecule has 2 bridgehead atoms. The first-order valence-electron chi connectivity index (χ1n) is 17.0. The fourth-order valence-corrected chi connectivity index (χ4v) is 7.23. The van der Waals surface area contributed by atoms with Gasteiger partial charge in [-0.25, -0.2) is 5.06 Å². The monoisotopic (exact) mass is 714 g/mol. The molecule has 5 atom stereocenters. The summed E-state index contributed by atoms with van der Waals surface area (Å²) in [6.07, 6.45) is -1.68. The Morgan fingerprint density at radius 2 is 1.51 bits per heavy atom. The van der Waals surface area contributed by atoms with Crippen LogP contribution < -0.4 is 14.2 Å². The van der Waals surface area contributed by atoms with Crippen LogP contribution in [0.4, 0.5) is 0 Å². The highest BCUT2D eigenvalue weighted by Gasteiger charge is 2.60. The maximum Gasteiger partial charge on any atom is 0.284 e. The van der Waals surface area contributed by atoms with E-state index in [4.69, 9.17) is 44.2 Å².